The Morgan fingerprint density at radius 2 is 1.81 bits per heavy atom. The van der Waals surface area contributed by atoms with E-state index < -0.39 is 0 Å². The molecule has 26 heavy (non-hydrogen) atoms. The maximum absolute atomic E-state index is 12.4. The molecule has 1 amide bonds. The van der Waals surface area contributed by atoms with Crippen LogP contribution in [-0.4, -0.2) is 38.3 Å². The van der Waals surface area contributed by atoms with Crippen molar-refractivity contribution >= 4 is 17.3 Å². The molecule has 1 aliphatic rings. The van der Waals surface area contributed by atoms with Gasteiger partial charge in [0.1, 0.15) is 5.75 Å². The smallest absolute Gasteiger partial charge is 0.255 e. The van der Waals surface area contributed by atoms with Crippen LogP contribution in [0.15, 0.2) is 48.5 Å². The Balaban J connectivity index is 1.59. The van der Waals surface area contributed by atoms with E-state index in [0.29, 0.717) is 11.7 Å². The molecule has 0 bridgehead atoms. The Hall–Kier alpha value is -2.53. The van der Waals surface area contributed by atoms with E-state index in [0.717, 1.165) is 36.6 Å². The number of hydrogen-bond donors (Lipinski definition) is 1. The van der Waals surface area contributed by atoms with Gasteiger partial charge in [0.2, 0.25) is 0 Å². The number of carbonyl (C=O) groups is 1. The zero-order valence-electron chi connectivity index (χ0n) is 15.6. The van der Waals surface area contributed by atoms with Crippen LogP contribution in [0.2, 0.25) is 0 Å². The monoisotopic (exact) mass is 354 g/mol. The number of amides is 1. The lowest BCUT2D eigenvalue weighted by Crippen LogP contribution is -2.22. The first kappa shape index (κ1) is 18.3. The number of hydrogen-bond acceptors (Lipinski definition) is 4. The van der Waals surface area contributed by atoms with E-state index >= 15 is 0 Å². The van der Waals surface area contributed by atoms with Crippen molar-refractivity contribution in [1.82, 2.24) is 0 Å². The van der Waals surface area contributed by atoms with E-state index in [2.05, 4.69) is 10.2 Å². The Kier molecular flexibility index (Phi) is 5.78. The molecule has 0 radical (unpaired) electrons. The van der Waals surface area contributed by atoms with Gasteiger partial charge in [-0.1, -0.05) is 0 Å². The van der Waals surface area contributed by atoms with Gasteiger partial charge in [0.25, 0.3) is 5.91 Å². The molecule has 0 saturated carbocycles. The third kappa shape index (κ3) is 4.55. The standard InChI is InChI=1S/C21H26N2O3/c1-15(2)26-19-10-4-16(5-11-19)21(24)22-17-6-8-18(9-7-17)23-13-12-20(14-23)25-3/h4-11,15,20H,12-14H2,1-3H3,(H,22,24). The second-order valence-corrected chi connectivity index (χ2v) is 6.78. The molecule has 5 heteroatoms. The number of nitrogens with zero attached hydrogens (tertiary/aromatic N) is 1. The van der Waals surface area contributed by atoms with Crippen LogP contribution >= 0.6 is 0 Å². The highest BCUT2D eigenvalue weighted by Gasteiger charge is 2.22. The highest BCUT2D eigenvalue weighted by molar-refractivity contribution is 6.04. The molecule has 2 aromatic carbocycles. The van der Waals surface area contributed by atoms with Gasteiger partial charge in [-0.3, -0.25) is 4.79 Å². The van der Waals surface area contributed by atoms with Gasteiger partial charge in [-0.2, -0.15) is 0 Å². The molecule has 1 unspecified atom stereocenters. The van der Waals surface area contributed by atoms with Crippen LogP contribution < -0.4 is 15.0 Å². The predicted octanol–water partition coefficient (Wildman–Crippen LogP) is 3.95. The molecule has 2 aromatic rings. The van der Waals surface area contributed by atoms with E-state index in [1.807, 2.05) is 50.2 Å². The molecule has 0 aromatic heterocycles. The van der Waals surface area contributed by atoms with Crippen LogP contribution in [0.25, 0.3) is 0 Å². The third-order valence-electron chi connectivity index (χ3n) is 4.46. The zero-order valence-corrected chi connectivity index (χ0v) is 15.6. The topological polar surface area (TPSA) is 50.8 Å². The molecule has 138 valence electrons. The molecule has 0 spiro atoms. The van der Waals surface area contributed by atoms with Gasteiger partial charge in [-0.05, 0) is 68.8 Å². The van der Waals surface area contributed by atoms with E-state index in [-0.39, 0.29) is 12.0 Å². The molecule has 5 nitrogen and oxygen atoms in total. The lowest BCUT2D eigenvalue weighted by molar-refractivity contribution is 0.102. The van der Waals surface area contributed by atoms with E-state index in [1.165, 1.54) is 0 Å². The van der Waals surface area contributed by atoms with E-state index in [4.69, 9.17) is 9.47 Å². The van der Waals surface area contributed by atoms with E-state index in [1.54, 1.807) is 19.2 Å². The molecule has 1 N–H and O–H groups in total. The van der Waals surface area contributed by atoms with Crippen LogP contribution in [0, 0.1) is 0 Å². The number of anilines is 2. The van der Waals surface area contributed by atoms with Crippen molar-refractivity contribution in [2.45, 2.75) is 32.5 Å². The molecule has 1 aliphatic heterocycles. The molecule has 1 fully saturated rings. The number of ether oxygens (including phenoxy) is 2. The lowest BCUT2D eigenvalue weighted by Gasteiger charge is -2.18. The van der Waals surface area contributed by atoms with Crippen molar-refractivity contribution in [2.24, 2.45) is 0 Å². The molecule has 1 saturated heterocycles. The lowest BCUT2D eigenvalue weighted by atomic mass is 10.2. The minimum absolute atomic E-state index is 0.114. The summed E-state index contributed by atoms with van der Waals surface area (Å²) in [5.41, 5.74) is 2.54. The third-order valence-corrected chi connectivity index (χ3v) is 4.46. The first-order valence-electron chi connectivity index (χ1n) is 9.01. The summed E-state index contributed by atoms with van der Waals surface area (Å²) in [5.74, 6) is 0.635. The van der Waals surface area contributed by atoms with Crippen molar-refractivity contribution in [3.8, 4) is 5.75 Å². The zero-order chi connectivity index (χ0) is 18.5. The van der Waals surface area contributed by atoms with Gasteiger partial charge in [0.15, 0.2) is 0 Å². The minimum Gasteiger partial charge on any atom is -0.491 e. The average Bonchev–Trinajstić information content (AvgIpc) is 3.11. The van der Waals surface area contributed by atoms with Gasteiger partial charge in [-0.25, -0.2) is 0 Å². The highest BCUT2D eigenvalue weighted by atomic mass is 16.5. The first-order chi connectivity index (χ1) is 12.5. The number of benzene rings is 2. The van der Waals surface area contributed by atoms with Crippen molar-refractivity contribution in [1.29, 1.82) is 0 Å². The molecule has 3 rings (SSSR count). The Morgan fingerprint density at radius 3 is 2.38 bits per heavy atom. The number of carbonyl (C=O) groups excluding carboxylic acids is 1. The summed E-state index contributed by atoms with van der Waals surface area (Å²) in [6.45, 7) is 5.85. The van der Waals surface area contributed by atoms with Gasteiger partial charge in [0.05, 0.1) is 12.2 Å². The number of methoxy groups -OCH3 is 1. The van der Waals surface area contributed by atoms with Crippen LogP contribution in [0.1, 0.15) is 30.6 Å². The SMILES string of the molecule is COC1CCN(c2ccc(NC(=O)c3ccc(OC(C)C)cc3)cc2)C1. The van der Waals surface area contributed by atoms with Crippen LogP contribution in [0.3, 0.4) is 0 Å². The highest BCUT2D eigenvalue weighted by Crippen LogP contribution is 2.23. The molecule has 1 heterocycles. The molecular weight excluding hydrogens is 328 g/mol. The van der Waals surface area contributed by atoms with Crippen molar-refractivity contribution in [2.75, 3.05) is 30.4 Å². The largest absolute Gasteiger partial charge is 0.491 e. The summed E-state index contributed by atoms with van der Waals surface area (Å²) >= 11 is 0. The Bertz CT molecular complexity index is 726. The summed E-state index contributed by atoms with van der Waals surface area (Å²) < 4.78 is 11.0. The molecular formula is C21H26N2O3. The van der Waals surface area contributed by atoms with Crippen molar-refractivity contribution in [3.05, 3.63) is 54.1 Å². The number of nitrogens with one attached hydrogen (secondary N) is 1. The summed E-state index contributed by atoms with van der Waals surface area (Å²) in [7, 11) is 1.76. The minimum atomic E-state index is -0.130. The second kappa shape index (κ2) is 8.23. The van der Waals surface area contributed by atoms with Gasteiger partial charge in [0, 0.05) is 37.1 Å². The fourth-order valence-corrected chi connectivity index (χ4v) is 3.07. The first-order valence-corrected chi connectivity index (χ1v) is 9.01. The summed E-state index contributed by atoms with van der Waals surface area (Å²) in [6, 6.07) is 15.1. The van der Waals surface area contributed by atoms with Crippen LogP contribution in [-0.2, 0) is 4.74 Å². The second-order valence-electron chi connectivity index (χ2n) is 6.78. The van der Waals surface area contributed by atoms with Crippen molar-refractivity contribution < 1.29 is 14.3 Å². The average molecular weight is 354 g/mol. The predicted molar refractivity (Wildman–Crippen MR) is 104 cm³/mol. The summed E-state index contributed by atoms with van der Waals surface area (Å²) in [4.78, 5) is 14.7. The molecule has 1 atom stereocenters. The van der Waals surface area contributed by atoms with Gasteiger partial charge in [-0.15, -0.1) is 0 Å². The van der Waals surface area contributed by atoms with Gasteiger partial charge >= 0.3 is 0 Å². The van der Waals surface area contributed by atoms with Crippen molar-refractivity contribution in [3.63, 3.8) is 0 Å². The maximum Gasteiger partial charge on any atom is 0.255 e. The Morgan fingerprint density at radius 1 is 1.12 bits per heavy atom. The summed E-state index contributed by atoms with van der Waals surface area (Å²) in [6.07, 6.45) is 1.46. The quantitative estimate of drug-likeness (QED) is 0.853. The Labute approximate surface area is 154 Å². The van der Waals surface area contributed by atoms with Crippen LogP contribution in [0.5, 0.6) is 5.75 Å². The van der Waals surface area contributed by atoms with Gasteiger partial charge < -0.3 is 19.7 Å². The summed E-state index contributed by atoms with van der Waals surface area (Å²) in [5, 5.41) is 2.93. The maximum atomic E-state index is 12.4. The number of rotatable bonds is 6. The fourth-order valence-electron chi connectivity index (χ4n) is 3.07. The van der Waals surface area contributed by atoms with Crippen LogP contribution in [0.4, 0.5) is 11.4 Å². The fraction of sp³-hybridized carbons (Fsp3) is 0.381. The normalized spacial score (nSPS) is 16.8. The molecule has 0 aliphatic carbocycles. The van der Waals surface area contributed by atoms with E-state index in [9.17, 15) is 4.79 Å².